The van der Waals surface area contributed by atoms with Gasteiger partial charge in [0.05, 0.1) is 0 Å². The van der Waals surface area contributed by atoms with Crippen LogP contribution in [0.2, 0.25) is 0 Å². The van der Waals surface area contributed by atoms with Crippen LogP contribution < -0.4 is 5.32 Å². The van der Waals surface area contributed by atoms with Crippen molar-refractivity contribution < 1.29 is 0 Å². The van der Waals surface area contributed by atoms with Crippen molar-refractivity contribution in [2.45, 2.75) is 17.2 Å². The summed E-state index contributed by atoms with van der Waals surface area (Å²) in [5, 5.41) is 3.18. The molecule has 0 unspecified atom stereocenters. The fourth-order valence-corrected chi connectivity index (χ4v) is 2.63. The third-order valence-electron chi connectivity index (χ3n) is 2.53. The van der Waals surface area contributed by atoms with E-state index in [1.165, 1.54) is 16.0 Å². The SMILES string of the molecule is CNCc1cccc(SCc2ccccc2)c1. The van der Waals surface area contributed by atoms with Gasteiger partial charge in [-0.3, -0.25) is 0 Å². The molecular formula is C15H17NS. The summed E-state index contributed by atoms with van der Waals surface area (Å²) in [6.45, 7) is 0.930. The van der Waals surface area contributed by atoms with E-state index in [-0.39, 0.29) is 0 Å². The maximum absolute atomic E-state index is 3.18. The summed E-state index contributed by atoms with van der Waals surface area (Å²) in [6, 6.07) is 19.3. The minimum absolute atomic E-state index is 0.930. The van der Waals surface area contributed by atoms with E-state index in [4.69, 9.17) is 0 Å². The van der Waals surface area contributed by atoms with Crippen molar-refractivity contribution in [1.29, 1.82) is 0 Å². The van der Waals surface area contributed by atoms with Gasteiger partial charge in [-0.2, -0.15) is 0 Å². The minimum atomic E-state index is 0.930. The first-order valence-electron chi connectivity index (χ1n) is 5.79. The molecule has 0 bridgehead atoms. The van der Waals surface area contributed by atoms with E-state index >= 15 is 0 Å². The predicted molar refractivity (Wildman–Crippen MR) is 75.2 cm³/mol. The molecule has 0 aliphatic heterocycles. The molecule has 88 valence electrons. The van der Waals surface area contributed by atoms with E-state index in [9.17, 15) is 0 Å². The Morgan fingerprint density at radius 2 is 1.71 bits per heavy atom. The molecule has 2 rings (SSSR count). The molecule has 0 fully saturated rings. The van der Waals surface area contributed by atoms with Crippen molar-refractivity contribution in [3.05, 3.63) is 65.7 Å². The first-order valence-corrected chi connectivity index (χ1v) is 6.77. The quantitative estimate of drug-likeness (QED) is 0.804. The van der Waals surface area contributed by atoms with Crippen molar-refractivity contribution in [3.8, 4) is 0 Å². The molecule has 0 saturated carbocycles. The summed E-state index contributed by atoms with van der Waals surface area (Å²) < 4.78 is 0. The van der Waals surface area contributed by atoms with Gasteiger partial charge < -0.3 is 5.32 Å². The van der Waals surface area contributed by atoms with Gasteiger partial charge in [0.1, 0.15) is 0 Å². The molecule has 0 atom stereocenters. The third kappa shape index (κ3) is 3.91. The number of rotatable bonds is 5. The first-order chi connectivity index (χ1) is 8.38. The summed E-state index contributed by atoms with van der Waals surface area (Å²) in [7, 11) is 1.98. The summed E-state index contributed by atoms with van der Waals surface area (Å²) in [6.07, 6.45) is 0. The lowest BCUT2D eigenvalue weighted by Gasteiger charge is -2.05. The molecule has 2 heteroatoms. The highest BCUT2D eigenvalue weighted by Gasteiger charge is 1.97. The van der Waals surface area contributed by atoms with Gasteiger partial charge in [0.2, 0.25) is 0 Å². The van der Waals surface area contributed by atoms with Crippen molar-refractivity contribution in [1.82, 2.24) is 5.32 Å². The topological polar surface area (TPSA) is 12.0 Å². The van der Waals surface area contributed by atoms with Gasteiger partial charge in [-0.15, -0.1) is 11.8 Å². The van der Waals surface area contributed by atoms with Crippen LogP contribution in [0.25, 0.3) is 0 Å². The van der Waals surface area contributed by atoms with Crippen molar-refractivity contribution in [2.24, 2.45) is 0 Å². The number of thioether (sulfide) groups is 1. The molecule has 0 spiro atoms. The second-order valence-corrected chi connectivity index (χ2v) is 5.00. The zero-order chi connectivity index (χ0) is 11.9. The molecule has 2 aromatic carbocycles. The zero-order valence-corrected chi connectivity index (χ0v) is 10.8. The molecule has 17 heavy (non-hydrogen) atoms. The Balaban J connectivity index is 1.97. The standard InChI is InChI=1S/C15H17NS/c1-16-11-14-8-5-9-15(10-14)17-12-13-6-3-2-4-7-13/h2-10,16H,11-12H2,1H3. The van der Waals surface area contributed by atoms with E-state index < -0.39 is 0 Å². The molecular weight excluding hydrogens is 226 g/mol. The van der Waals surface area contributed by atoms with E-state index in [1.54, 1.807) is 0 Å². The fourth-order valence-electron chi connectivity index (χ4n) is 1.69. The van der Waals surface area contributed by atoms with Crippen LogP contribution in [-0.4, -0.2) is 7.05 Å². The second kappa shape index (κ2) is 6.48. The van der Waals surface area contributed by atoms with Crippen LogP contribution in [0.15, 0.2) is 59.5 Å². The van der Waals surface area contributed by atoms with E-state index in [2.05, 4.69) is 59.9 Å². The van der Waals surface area contributed by atoms with Gasteiger partial charge in [-0.25, -0.2) is 0 Å². The maximum Gasteiger partial charge on any atom is 0.0231 e. The molecule has 0 aromatic heterocycles. The van der Waals surface area contributed by atoms with E-state index in [1.807, 2.05) is 18.8 Å². The van der Waals surface area contributed by atoms with E-state index in [0.29, 0.717) is 0 Å². The molecule has 0 heterocycles. The smallest absolute Gasteiger partial charge is 0.0231 e. The van der Waals surface area contributed by atoms with Gasteiger partial charge >= 0.3 is 0 Å². The van der Waals surface area contributed by atoms with Crippen LogP contribution in [0, 0.1) is 0 Å². The lowest BCUT2D eigenvalue weighted by Crippen LogP contribution is -2.04. The molecule has 0 aliphatic rings. The first kappa shape index (κ1) is 12.2. The summed E-state index contributed by atoms with van der Waals surface area (Å²) in [5.41, 5.74) is 2.71. The summed E-state index contributed by atoms with van der Waals surface area (Å²) in [5.74, 6) is 1.03. The number of hydrogen-bond acceptors (Lipinski definition) is 2. The van der Waals surface area contributed by atoms with Crippen molar-refractivity contribution in [3.63, 3.8) is 0 Å². The second-order valence-electron chi connectivity index (χ2n) is 3.95. The largest absolute Gasteiger partial charge is 0.316 e. The number of hydrogen-bond donors (Lipinski definition) is 1. The van der Waals surface area contributed by atoms with Gasteiger partial charge in [-0.05, 0) is 30.3 Å². The Morgan fingerprint density at radius 1 is 0.941 bits per heavy atom. The van der Waals surface area contributed by atoms with Crippen molar-refractivity contribution >= 4 is 11.8 Å². The number of nitrogens with one attached hydrogen (secondary N) is 1. The van der Waals surface area contributed by atoms with Crippen LogP contribution in [0.4, 0.5) is 0 Å². The highest BCUT2D eigenvalue weighted by atomic mass is 32.2. The van der Waals surface area contributed by atoms with Gasteiger partial charge in [0.25, 0.3) is 0 Å². The van der Waals surface area contributed by atoms with Crippen LogP contribution in [0.5, 0.6) is 0 Å². The van der Waals surface area contributed by atoms with E-state index in [0.717, 1.165) is 12.3 Å². The lowest BCUT2D eigenvalue weighted by atomic mass is 10.2. The molecule has 1 nitrogen and oxygen atoms in total. The summed E-state index contributed by atoms with van der Waals surface area (Å²) in [4.78, 5) is 1.33. The van der Waals surface area contributed by atoms with Gasteiger partial charge in [0.15, 0.2) is 0 Å². The van der Waals surface area contributed by atoms with Crippen LogP contribution in [0.3, 0.4) is 0 Å². The van der Waals surface area contributed by atoms with Gasteiger partial charge in [-0.1, -0.05) is 42.5 Å². The molecule has 0 radical (unpaired) electrons. The monoisotopic (exact) mass is 243 g/mol. The highest BCUT2D eigenvalue weighted by Crippen LogP contribution is 2.23. The average Bonchev–Trinajstić information content (AvgIpc) is 2.39. The average molecular weight is 243 g/mol. The maximum atomic E-state index is 3.18. The molecule has 0 amide bonds. The highest BCUT2D eigenvalue weighted by molar-refractivity contribution is 7.98. The van der Waals surface area contributed by atoms with Gasteiger partial charge in [0, 0.05) is 17.2 Å². The minimum Gasteiger partial charge on any atom is -0.316 e. The number of benzene rings is 2. The normalized spacial score (nSPS) is 10.4. The predicted octanol–water partition coefficient (Wildman–Crippen LogP) is 3.70. The van der Waals surface area contributed by atoms with Crippen LogP contribution in [0.1, 0.15) is 11.1 Å². The molecule has 0 saturated heterocycles. The van der Waals surface area contributed by atoms with Crippen molar-refractivity contribution in [2.75, 3.05) is 7.05 Å². The molecule has 0 aliphatic carbocycles. The Labute approximate surface area is 107 Å². The fraction of sp³-hybridized carbons (Fsp3) is 0.200. The van der Waals surface area contributed by atoms with Crippen LogP contribution in [-0.2, 0) is 12.3 Å². The van der Waals surface area contributed by atoms with Crippen LogP contribution >= 0.6 is 11.8 Å². The Hall–Kier alpha value is -1.25. The Bertz CT molecular complexity index is 453. The zero-order valence-electron chi connectivity index (χ0n) is 10.0. The third-order valence-corrected chi connectivity index (χ3v) is 3.59. The summed E-state index contributed by atoms with van der Waals surface area (Å²) >= 11 is 1.89. The molecule has 1 N–H and O–H groups in total. The Kier molecular flexibility index (Phi) is 4.65. The Morgan fingerprint density at radius 3 is 2.47 bits per heavy atom. The lowest BCUT2D eigenvalue weighted by molar-refractivity contribution is 0.815. The molecule has 2 aromatic rings.